The van der Waals surface area contributed by atoms with Crippen LogP contribution in [0.4, 0.5) is 0 Å². The van der Waals surface area contributed by atoms with Crippen LogP contribution in [0.2, 0.25) is 5.22 Å². The molecule has 0 N–H and O–H groups in total. The molecule has 1 saturated heterocycles. The molecule has 5 heterocycles. The molecule has 0 bridgehead atoms. The van der Waals surface area contributed by atoms with Gasteiger partial charge in [0.2, 0.25) is 0 Å². The summed E-state index contributed by atoms with van der Waals surface area (Å²) in [7, 11) is -0.420. The second kappa shape index (κ2) is 15.2. The molecule has 5 rings (SSSR count). The molecule has 0 saturated carbocycles. The minimum absolute atomic E-state index is 0.162. The first-order valence-electron chi connectivity index (χ1n) is 16.2. The number of rotatable bonds is 16. The second-order valence-corrected chi connectivity index (χ2v) is 13.1. The Morgan fingerprint density at radius 2 is 1.48 bits per heavy atom. The van der Waals surface area contributed by atoms with E-state index >= 15 is 0 Å². The van der Waals surface area contributed by atoms with Gasteiger partial charge in [0.05, 0.1) is 23.0 Å². The number of hydrogen-bond donors (Lipinski definition) is 0. The van der Waals surface area contributed by atoms with Crippen molar-refractivity contribution in [3.8, 4) is 10.6 Å². The molecule has 0 aliphatic carbocycles. The Morgan fingerprint density at radius 3 is 2.17 bits per heavy atom. The first kappa shape index (κ1) is 31.5. The standard InChI is InChI=1S/C34H46BClO5S/c1-5-9-13-23-19-28(39-31(23)27-20-26(16-12-8-4)34(40-27)35-37-17-18-38-35)33-25(15-11-7-3)21-29(42-33)32-24(14-10-6-2)22-30(36)41-32/h19-23,31H,5-18H2,1-4H3. The van der Waals surface area contributed by atoms with Gasteiger partial charge in [0.15, 0.2) is 11.3 Å². The van der Waals surface area contributed by atoms with Gasteiger partial charge in [0.25, 0.3) is 0 Å². The molecule has 0 aromatic carbocycles. The van der Waals surface area contributed by atoms with Crippen LogP contribution < -0.4 is 5.66 Å². The van der Waals surface area contributed by atoms with E-state index < -0.39 is 7.12 Å². The molecule has 3 aromatic rings. The van der Waals surface area contributed by atoms with Crippen molar-refractivity contribution >= 4 is 41.5 Å². The molecular formula is C34H46BClO5S. The van der Waals surface area contributed by atoms with Crippen LogP contribution in [0.5, 0.6) is 0 Å². The first-order chi connectivity index (χ1) is 20.6. The van der Waals surface area contributed by atoms with Gasteiger partial charge in [-0.05, 0) is 91.9 Å². The molecule has 2 aliphatic heterocycles. The Labute approximate surface area is 261 Å². The van der Waals surface area contributed by atoms with Crippen LogP contribution in [0.3, 0.4) is 0 Å². The van der Waals surface area contributed by atoms with Gasteiger partial charge in [-0.1, -0.05) is 59.8 Å². The Hall–Kier alpha value is -1.93. The average Bonchev–Trinajstić information content (AvgIpc) is 3.82. The molecule has 5 nitrogen and oxygen atoms in total. The van der Waals surface area contributed by atoms with Crippen LogP contribution in [0, 0.1) is 5.92 Å². The molecule has 228 valence electrons. The number of thiophene rings is 1. The average molecular weight is 613 g/mol. The summed E-state index contributed by atoms with van der Waals surface area (Å²) in [6, 6.07) is 6.50. The second-order valence-electron chi connectivity index (χ2n) is 11.7. The van der Waals surface area contributed by atoms with E-state index in [1.807, 2.05) is 6.07 Å². The van der Waals surface area contributed by atoms with E-state index in [0.717, 1.165) is 105 Å². The lowest BCUT2D eigenvalue weighted by Crippen LogP contribution is -2.33. The zero-order chi connectivity index (χ0) is 29.5. The van der Waals surface area contributed by atoms with Crippen molar-refractivity contribution in [2.45, 2.75) is 111 Å². The van der Waals surface area contributed by atoms with Crippen LogP contribution in [-0.4, -0.2) is 20.3 Å². The molecule has 8 heteroatoms. The van der Waals surface area contributed by atoms with Gasteiger partial charge in [0.1, 0.15) is 22.9 Å². The number of hydrogen-bond acceptors (Lipinski definition) is 6. The van der Waals surface area contributed by atoms with Gasteiger partial charge < -0.3 is 22.9 Å². The lowest BCUT2D eigenvalue weighted by atomic mass is 9.82. The van der Waals surface area contributed by atoms with E-state index in [1.54, 1.807) is 11.3 Å². The van der Waals surface area contributed by atoms with Crippen molar-refractivity contribution in [2.24, 2.45) is 5.92 Å². The Morgan fingerprint density at radius 1 is 0.810 bits per heavy atom. The largest absolute Gasteiger partial charge is 0.532 e. The fourth-order valence-corrected chi connectivity index (χ4v) is 7.36. The lowest BCUT2D eigenvalue weighted by molar-refractivity contribution is 0.124. The summed E-state index contributed by atoms with van der Waals surface area (Å²) in [6.45, 7) is 10.1. The Balaban J connectivity index is 1.48. The fraction of sp³-hybridized carbons (Fsp3) is 0.588. The first-order valence-corrected chi connectivity index (χ1v) is 17.4. The highest BCUT2D eigenvalue weighted by Gasteiger charge is 2.39. The molecule has 2 atom stereocenters. The van der Waals surface area contributed by atoms with Crippen LogP contribution in [-0.2, 0) is 33.3 Å². The van der Waals surface area contributed by atoms with Crippen molar-refractivity contribution in [1.82, 2.24) is 0 Å². The zero-order valence-corrected chi connectivity index (χ0v) is 27.3. The van der Waals surface area contributed by atoms with Gasteiger partial charge in [-0.15, -0.1) is 11.3 Å². The quantitative estimate of drug-likeness (QED) is 0.151. The van der Waals surface area contributed by atoms with E-state index in [-0.39, 0.29) is 12.0 Å². The van der Waals surface area contributed by atoms with Crippen LogP contribution >= 0.6 is 22.9 Å². The van der Waals surface area contributed by atoms with E-state index in [9.17, 15) is 0 Å². The third-order valence-corrected chi connectivity index (χ3v) is 9.69. The highest BCUT2D eigenvalue weighted by molar-refractivity contribution is 7.16. The monoisotopic (exact) mass is 612 g/mol. The molecule has 2 aliphatic rings. The normalized spacial score (nSPS) is 18.7. The number of furan rings is 2. The highest BCUT2D eigenvalue weighted by Crippen LogP contribution is 2.47. The van der Waals surface area contributed by atoms with E-state index in [2.05, 4.69) is 45.9 Å². The number of halogens is 1. The summed E-state index contributed by atoms with van der Waals surface area (Å²) in [6.07, 6.45) is 15.2. The topological polar surface area (TPSA) is 54.0 Å². The summed E-state index contributed by atoms with van der Waals surface area (Å²) in [4.78, 5) is 2.33. The smallest absolute Gasteiger partial charge is 0.481 e. The molecule has 2 unspecified atom stereocenters. The highest BCUT2D eigenvalue weighted by atomic mass is 35.5. The minimum Gasteiger partial charge on any atom is -0.481 e. The summed E-state index contributed by atoms with van der Waals surface area (Å²) in [5.41, 5.74) is 4.51. The van der Waals surface area contributed by atoms with Gasteiger partial charge in [-0.3, -0.25) is 0 Å². The molecule has 3 aromatic heterocycles. The van der Waals surface area contributed by atoms with Crippen molar-refractivity contribution in [3.05, 3.63) is 56.8 Å². The molecule has 0 spiro atoms. The molecule has 42 heavy (non-hydrogen) atoms. The maximum absolute atomic E-state index is 6.89. The number of ether oxygens (including phenoxy) is 1. The van der Waals surface area contributed by atoms with Crippen LogP contribution in [0.1, 0.15) is 119 Å². The minimum atomic E-state index is -0.420. The summed E-state index contributed by atoms with van der Waals surface area (Å²) in [5.74, 6) is 3.01. The number of aryl methyl sites for hydroxylation is 3. The maximum Gasteiger partial charge on any atom is 0.532 e. The molecule has 0 radical (unpaired) electrons. The van der Waals surface area contributed by atoms with Gasteiger partial charge in [0, 0.05) is 11.5 Å². The van der Waals surface area contributed by atoms with Gasteiger partial charge in [-0.25, -0.2) is 0 Å². The van der Waals surface area contributed by atoms with E-state index in [1.165, 1.54) is 21.6 Å². The van der Waals surface area contributed by atoms with Gasteiger partial charge in [-0.2, -0.15) is 0 Å². The predicted molar refractivity (Wildman–Crippen MR) is 174 cm³/mol. The lowest BCUT2D eigenvalue weighted by Gasteiger charge is -2.17. The summed E-state index contributed by atoms with van der Waals surface area (Å²) < 4.78 is 31.3. The predicted octanol–water partition coefficient (Wildman–Crippen LogP) is 9.94. The Kier molecular flexibility index (Phi) is 11.4. The Bertz CT molecular complexity index is 1320. The molecular weight excluding hydrogens is 567 g/mol. The molecule has 1 fully saturated rings. The van der Waals surface area contributed by atoms with Crippen molar-refractivity contribution in [2.75, 3.05) is 13.2 Å². The van der Waals surface area contributed by atoms with Crippen LogP contribution in [0.25, 0.3) is 16.4 Å². The zero-order valence-electron chi connectivity index (χ0n) is 25.8. The SMILES string of the molecule is CCCCc1cc(C2OC(c3sc(-c4oc(Cl)cc4CCCC)cc3CCCC)=CC2CCCC)oc1B1OCCO1. The fourth-order valence-electron chi connectivity index (χ4n) is 5.95. The van der Waals surface area contributed by atoms with Crippen molar-refractivity contribution < 1.29 is 22.9 Å². The van der Waals surface area contributed by atoms with E-state index in [4.69, 9.17) is 34.5 Å². The van der Waals surface area contributed by atoms with E-state index in [0.29, 0.717) is 18.4 Å². The van der Waals surface area contributed by atoms with Gasteiger partial charge >= 0.3 is 7.12 Å². The third-order valence-electron chi connectivity index (χ3n) is 8.31. The van der Waals surface area contributed by atoms with Crippen molar-refractivity contribution in [1.29, 1.82) is 0 Å². The van der Waals surface area contributed by atoms with Crippen molar-refractivity contribution in [3.63, 3.8) is 0 Å². The molecule has 0 amide bonds. The third kappa shape index (κ3) is 7.23. The number of unbranched alkanes of at least 4 members (excludes halogenated alkanes) is 4. The maximum atomic E-state index is 6.89. The summed E-state index contributed by atoms with van der Waals surface area (Å²) >= 11 is 8.14. The van der Waals surface area contributed by atoms with Crippen LogP contribution in [0.15, 0.2) is 33.1 Å². The summed E-state index contributed by atoms with van der Waals surface area (Å²) in [5, 5.41) is 0.458.